The normalized spacial score (nSPS) is 13.0. The number of anilines is 3. The minimum atomic E-state index is -1.34. The number of nitrogens with two attached hydrogens (primary N) is 1. The third-order valence-corrected chi connectivity index (χ3v) is 5.10. The second-order valence-electron chi connectivity index (χ2n) is 5.15. The monoisotopic (exact) mass is 358 g/mol. The number of benzene rings is 2. The van der Waals surface area contributed by atoms with Crippen molar-refractivity contribution in [2.45, 2.75) is 22.6 Å². The lowest BCUT2D eigenvalue weighted by atomic mass is 10.1. The van der Waals surface area contributed by atoms with Gasteiger partial charge in [0.2, 0.25) is 0 Å². The number of halogens is 4. The highest BCUT2D eigenvalue weighted by Gasteiger charge is 2.32. The van der Waals surface area contributed by atoms with Gasteiger partial charge in [-0.15, -0.1) is 11.6 Å². The Morgan fingerprint density at radius 3 is 2.52 bits per heavy atom. The van der Waals surface area contributed by atoms with Gasteiger partial charge in [0.1, 0.15) is 5.69 Å². The Morgan fingerprint density at radius 1 is 1.04 bits per heavy atom. The molecule has 0 radical (unpaired) electrons. The van der Waals surface area contributed by atoms with Gasteiger partial charge < -0.3 is 10.6 Å². The molecular weight excluding hydrogens is 345 g/mol. The molecule has 122 valence electrons. The first-order chi connectivity index (χ1) is 11.1. The summed E-state index contributed by atoms with van der Waals surface area (Å²) in [6.07, 6.45) is 1.43. The van der Waals surface area contributed by atoms with Gasteiger partial charge in [-0.05, 0) is 25.0 Å². The van der Waals surface area contributed by atoms with Crippen LogP contribution in [0.15, 0.2) is 34.1 Å². The van der Waals surface area contributed by atoms with Gasteiger partial charge in [0.15, 0.2) is 17.5 Å². The van der Waals surface area contributed by atoms with E-state index in [0.29, 0.717) is 18.8 Å². The van der Waals surface area contributed by atoms with Crippen molar-refractivity contribution in [1.82, 2.24) is 0 Å². The number of unbranched alkanes of at least 4 members (excludes halogenated alkanes) is 1. The fourth-order valence-electron chi connectivity index (χ4n) is 2.57. The first kappa shape index (κ1) is 16.3. The predicted molar refractivity (Wildman–Crippen MR) is 88.3 cm³/mol. The van der Waals surface area contributed by atoms with Crippen molar-refractivity contribution in [3.63, 3.8) is 0 Å². The van der Waals surface area contributed by atoms with Crippen LogP contribution in [-0.4, -0.2) is 12.4 Å². The number of fused-ring (bicyclic) bond motifs is 2. The molecule has 0 unspecified atom stereocenters. The molecule has 0 saturated carbocycles. The summed E-state index contributed by atoms with van der Waals surface area (Å²) in [6, 6.07) is 7.24. The molecule has 7 heteroatoms. The van der Waals surface area contributed by atoms with Gasteiger partial charge in [-0.25, -0.2) is 13.2 Å². The van der Waals surface area contributed by atoms with E-state index < -0.39 is 23.1 Å². The van der Waals surface area contributed by atoms with Crippen LogP contribution in [-0.2, 0) is 0 Å². The van der Waals surface area contributed by atoms with Crippen molar-refractivity contribution in [2.24, 2.45) is 0 Å². The molecule has 0 aromatic heterocycles. The van der Waals surface area contributed by atoms with Crippen molar-refractivity contribution in [2.75, 3.05) is 23.1 Å². The highest BCUT2D eigenvalue weighted by Crippen LogP contribution is 2.51. The van der Waals surface area contributed by atoms with Gasteiger partial charge in [-0.1, -0.05) is 23.9 Å². The first-order valence-electron chi connectivity index (χ1n) is 7.12. The first-order valence-corrected chi connectivity index (χ1v) is 8.47. The van der Waals surface area contributed by atoms with E-state index >= 15 is 0 Å². The molecule has 2 aromatic rings. The van der Waals surface area contributed by atoms with Crippen molar-refractivity contribution in [1.29, 1.82) is 0 Å². The maximum Gasteiger partial charge on any atom is 0.186 e. The summed E-state index contributed by atoms with van der Waals surface area (Å²) in [5.74, 6) is -2.89. The largest absolute Gasteiger partial charge is 0.394 e. The van der Waals surface area contributed by atoms with Crippen molar-refractivity contribution in [3.8, 4) is 0 Å². The van der Waals surface area contributed by atoms with Crippen LogP contribution in [0.4, 0.5) is 30.2 Å². The maximum atomic E-state index is 14.6. The average molecular weight is 359 g/mol. The van der Waals surface area contributed by atoms with Crippen molar-refractivity contribution in [3.05, 3.63) is 41.7 Å². The zero-order valence-electron chi connectivity index (χ0n) is 12.1. The summed E-state index contributed by atoms with van der Waals surface area (Å²) < 4.78 is 42.7. The Balaban J connectivity index is 2.16. The van der Waals surface area contributed by atoms with Gasteiger partial charge in [-0.2, -0.15) is 0 Å². The molecule has 1 heterocycles. The third-order valence-electron chi connectivity index (χ3n) is 3.69. The van der Waals surface area contributed by atoms with E-state index in [9.17, 15) is 13.2 Å². The number of alkyl halides is 1. The molecule has 0 atom stereocenters. The summed E-state index contributed by atoms with van der Waals surface area (Å²) >= 11 is 6.71. The lowest BCUT2D eigenvalue weighted by molar-refractivity contribution is 0.481. The molecule has 2 nitrogen and oxygen atoms in total. The fraction of sp³-hybridized carbons (Fsp3) is 0.250. The van der Waals surface area contributed by atoms with Crippen LogP contribution in [0.5, 0.6) is 0 Å². The van der Waals surface area contributed by atoms with Crippen LogP contribution in [0.1, 0.15) is 12.8 Å². The highest BCUT2D eigenvalue weighted by molar-refractivity contribution is 7.99. The summed E-state index contributed by atoms with van der Waals surface area (Å²) in [6.45, 7) is 0.443. The average Bonchev–Trinajstić information content (AvgIpc) is 2.57. The molecule has 0 saturated heterocycles. The second kappa shape index (κ2) is 6.53. The van der Waals surface area contributed by atoms with Crippen LogP contribution in [0.25, 0.3) is 0 Å². The fourth-order valence-corrected chi connectivity index (χ4v) is 3.89. The maximum absolute atomic E-state index is 14.6. The Labute approximate surface area is 141 Å². The lowest BCUT2D eigenvalue weighted by Gasteiger charge is -2.33. The molecule has 0 bridgehead atoms. The van der Waals surface area contributed by atoms with E-state index in [1.807, 2.05) is 12.1 Å². The minimum absolute atomic E-state index is 0.000303. The van der Waals surface area contributed by atoms with Gasteiger partial charge >= 0.3 is 0 Å². The molecule has 1 aliphatic heterocycles. The Morgan fingerprint density at radius 2 is 1.78 bits per heavy atom. The van der Waals surface area contributed by atoms with Crippen molar-refractivity contribution < 1.29 is 13.2 Å². The molecule has 0 fully saturated rings. The minimum Gasteiger partial charge on any atom is -0.394 e. The number of nitrogens with zero attached hydrogens (tertiary/aromatic N) is 1. The van der Waals surface area contributed by atoms with E-state index in [1.165, 1.54) is 0 Å². The quantitative estimate of drug-likeness (QED) is 0.347. The summed E-state index contributed by atoms with van der Waals surface area (Å²) in [4.78, 5) is 2.33. The number of para-hydroxylation sites is 1. The van der Waals surface area contributed by atoms with Crippen LogP contribution < -0.4 is 10.6 Å². The zero-order chi connectivity index (χ0) is 16.6. The molecule has 0 aliphatic carbocycles. The Kier molecular flexibility index (Phi) is 4.64. The molecule has 2 aromatic carbocycles. The van der Waals surface area contributed by atoms with E-state index in [2.05, 4.69) is 0 Å². The number of hydrogen-bond acceptors (Lipinski definition) is 3. The molecule has 2 N–H and O–H groups in total. The second-order valence-corrected chi connectivity index (χ2v) is 6.58. The summed E-state index contributed by atoms with van der Waals surface area (Å²) in [7, 11) is 0. The standard InChI is InChI=1S/C16H14ClF3N2S/c17-7-3-4-8-22-9-5-1-2-6-10(9)23-16-12(19)11(18)14(21)13(20)15(16)22/h1-2,5-6H,3-4,7-8,21H2. The molecular formula is C16H14ClF3N2S. The predicted octanol–water partition coefficient (Wildman–Crippen LogP) is 5.31. The van der Waals surface area contributed by atoms with Gasteiger partial charge in [-0.3, -0.25) is 0 Å². The van der Waals surface area contributed by atoms with Gasteiger partial charge in [0.05, 0.1) is 16.3 Å². The van der Waals surface area contributed by atoms with E-state index in [0.717, 1.165) is 28.8 Å². The SMILES string of the molecule is Nc1c(F)c(F)c2c(c1F)N(CCCCCl)c1ccccc1S2. The molecule has 0 amide bonds. The molecule has 0 spiro atoms. The van der Waals surface area contributed by atoms with E-state index in [1.54, 1.807) is 17.0 Å². The molecule has 1 aliphatic rings. The number of rotatable bonds is 4. The topological polar surface area (TPSA) is 29.3 Å². The summed E-state index contributed by atoms with van der Waals surface area (Å²) in [5.41, 5.74) is 5.36. The third kappa shape index (κ3) is 2.74. The zero-order valence-corrected chi connectivity index (χ0v) is 13.7. The highest BCUT2D eigenvalue weighted by atomic mass is 35.5. The number of hydrogen-bond donors (Lipinski definition) is 1. The van der Waals surface area contributed by atoms with Crippen molar-refractivity contribution >= 4 is 40.4 Å². The van der Waals surface area contributed by atoms with Crippen LogP contribution in [0.3, 0.4) is 0 Å². The molecule has 23 heavy (non-hydrogen) atoms. The summed E-state index contributed by atoms with van der Waals surface area (Å²) in [5, 5.41) is 0. The van der Waals surface area contributed by atoms with E-state index in [-0.39, 0.29) is 10.6 Å². The Bertz CT molecular complexity index is 755. The van der Waals surface area contributed by atoms with Crippen LogP contribution in [0.2, 0.25) is 0 Å². The van der Waals surface area contributed by atoms with Gasteiger partial charge in [0, 0.05) is 17.3 Å². The Hall–Kier alpha value is -1.53. The lowest BCUT2D eigenvalue weighted by Crippen LogP contribution is -2.25. The van der Waals surface area contributed by atoms with Gasteiger partial charge in [0.25, 0.3) is 0 Å². The molecule has 3 rings (SSSR count). The van der Waals surface area contributed by atoms with Crippen LogP contribution in [0, 0.1) is 17.5 Å². The van der Waals surface area contributed by atoms with Crippen LogP contribution >= 0.6 is 23.4 Å². The van der Waals surface area contributed by atoms with E-state index in [4.69, 9.17) is 17.3 Å². The number of nitrogen functional groups attached to an aromatic ring is 1. The smallest absolute Gasteiger partial charge is 0.186 e.